The summed E-state index contributed by atoms with van der Waals surface area (Å²) in [5.41, 5.74) is 0. The summed E-state index contributed by atoms with van der Waals surface area (Å²) in [6.45, 7) is 6.47. The first-order chi connectivity index (χ1) is 12.2. The number of carbonyl (C=O) groups excluding carboxylic acids is 1. The Bertz CT molecular complexity index is 580. The van der Waals surface area contributed by atoms with Gasteiger partial charge in [0.1, 0.15) is 12.4 Å². The summed E-state index contributed by atoms with van der Waals surface area (Å²) >= 11 is 3.43. The van der Waals surface area contributed by atoms with Gasteiger partial charge in [0.2, 0.25) is 5.91 Å². The maximum absolute atomic E-state index is 11.6. The molecule has 2 rings (SSSR count). The second-order valence-corrected chi connectivity index (χ2v) is 6.75. The molecule has 0 aromatic heterocycles. The van der Waals surface area contributed by atoms with E-state index >= 15 is 0 Å². The lowest BCUT2D eigenvalue weighted by Gasteiger charge is -2.15. The zero-order valence-corrected chi connectivity index (χ0v) is 16.3. The van der Waals surface area contributed by atoms with Gasteiger partial charge in [-0.3, -0.25) is 9.79 Å². The van der Waals surface area contributed by atoms with E-state index in [1.165, 1.54) is 0 Å². The summed E-state index contributed by atoms with van der Waals surface area (Å²) in [4.78, 5) is 18.0. The molecule has 2 N–H and O–H groups in total. The molecule has 1 amide bonds. The summed E-state index contributed by atoms with van der Waals surface area (Å²) in [6.07, 6.45) is 2.58. The molecule has 25 heavy (non-hydrogen) atoms. The molecule has 1 aromatic carbocycles. The number of benzene rings is 1. The maximum Gasteiger partial charge on any atom is 0.222 e. The van der Waals surface area contributed by atoms with E-state index < -0.39 is 0 Å². The predicted molar refractivity (Wildman–Crippen MR) is 104 cm³/mol. The first-order valence-electron chi connectivity index (χ1n) is 8.87. The molecule has 0 bridgehead atoms. The Hall–Kier alpha value is -1.76. The van der Waals surface area contributed by atoms with Crippen LogP contribution >= 0.6 is 15.9 Å². The van der Waals surface area contributed by atoms with Gasteiger partial charge in [-0.15, -0.1) is 0 Å². The normalized spacial score (nSPS) is 14.7. The molecule has 0 saturated carbocycles. The lowest BCUT2D eigenvalue weighted by atomic mass is 10.3. The molecule has 6 nitrogen and oxygen atoms in total. The minimum Gasteiger partial charge on any atom is -0.492 e. The Morgan fingerprint density at radius 2 is 2.28 bits per heavy atom. The number of amides is 1. The van der Waals surface area contributed by atoms with Crippen LogP contribution in [-0.4, -0.2) is 56.1 Å². The second-order valence-electron chi connectivity index (χ2n) is 5.83. The minimum atomic E-state index is 0.277. The summed E-state index contributed by atoms with van der Waals surface area (Å²) in [6, 6.07) is 7.79. The average molecular weight is 411 g/mol. The van der Waals surface area contributed by atoms with Gasteiger partial charge in [-0.2, -0.15) is 0 Å². The van der Waals surface area contributed by atoms with Crippen molar-refractivity contribution in [1.29, 1.82) is 0 Å². The molecule has 0 spiro atoms. The molecule has 1 heterocycles. The number of hydrogen-bond donors (Lipinski definition) is 2. The maximum atomic E-state index is 11.6. The minimum absolute atomic E-state index is 0.277. The average Bonchev–Trinajstić information content (AvgIpc) is 3.00. The fourth-order valence-electron chi connectivity index (χ4n) is 2.63. The highest BCUT2D eigenvalue weighted by Crippen LogP contribution is 2.17. The SMILES string of the molecule is CCNC(=NCCCN1CCCC1=O)NCCOc1cccc(Br)c1. The highest BCUT2D eigenvalue weighted by atomic mass is 79.9. The molecular weight excluding hydrogens is 384 g/mol. The molecule has 1 fully saturated rings. The zero-order chi connectivity index (χ0) is 17.9. The van der Waals surface area contributed by atoms with Crippen LogP contribution in [0.5, 0.6) is 5.75 Å². The molecule has 0 atom stereocenters. The quantitative estimate of drug-likeness (QED) is 0.372. The Labute approximate surface area is 158 Å². The molecule has 7 heteroatoms. The van der Waals surface area contributed by atoms with E-state index in [9.17, 15) is 4.79 Å². The van der Waals surface area contributed by atoms with Crippen LogP contribution < -0.4 is 15.4 Å². The Balaban J connectivity index is 1.65. The number of nitrogens with zero attached hydrogens (tertiary/aromatic N) is 2. The highest BCUT2D eigenvalue weighted by Gasteiger charge is 2.18. The zero-order valence-electron chi connectivity index (χ0n) is 14.8. The fraction of sp³-hybridized carbons (Fsp3) is 0.556. The Morgan fingerprint density at radius 3 is 3.00 bits per heavy atom. The van der Waals surface area contributed by atoms with Crippen LogP contribution in [-0.2, 0) is 4.79 Å². The van der Waals surface area contributed by atoms with Crippen molar-refractivity contribution in [1.82, 2.24) is 15.5 Å². The van der Waals surface area contributed by atoms with E-state index in [1.807, 2.05) is 36.1 Å². The lowest BCUT2D eigenvalue weighted by Crippen LogP contribution is -2.39. The molecule has 138 valence electrons. The van der Waals surface area contributed by atoms with Crippen LogP contribution in [0.2, 0.25) is 0 Å². The van der Waals surface area contributed by atoms with Gasteiger partial charge in [0, 0.05) is 37.1 Å². The van der Waals surface area contributed by atoms with E-state index in [4.69, 9.17) is 4.74 Å². The third kappa shape index (κ3) is 7.34. The Morgan fingerprint density at radius 1 is 1.40 bits per heavy atom. The third-order valence-electron chi connectivity index (χ3n) is 3.83. The van der Waals surface area contributed by atoms with Crippen molar-refractivity contribution in [2.24, 2.45) is 4.99 Å². The van der Waals surface area contributed by atoms with Crippen LogP contribution in [0.1, 0.15) is 26.2 Å². The summed E-state index contributed by atoms with van der Waals surface area (Å²) in [7, 11) is 0. The molecule has 1 aromatic rings. The van der Waals surface area contributed by atoms with Gasteiger partial charge in [0.15, 0.2) is 5.96 Å². The summed E-state index contributed by atoms with van der Waals surface area (Å²) in [5, 5.41) is 6.49. The number of guanidine groups is 1. The van der Waals surface area contributed by atoms with Crippen molar-refractivity contribution in [2.75, 3.05) is 39.3 Å². The molecule has 0 aliphatic carbocycles. The fourth-order valence-corrected chi connectivity index (χ4v) is 3.01. The number of ether oxygens (including phenoxy) is 1. The second kappa shape index (κ2) is 11.0. The van der Waals surface area contributed by atoms with Crippen LogP contribution in [0.3, 0.4) is 0 Å². The van der Waals surface area contributed by atoms with Crippen molar-refractivity contribution in [2.45, 2.75) is 26.2 Å². The van der Waals surface area contributed by atoms with E-state index in [1.54, 1.807) is 0 Å². The van der Waals surface area contributed by atoms with E-state index in [0.29, 0.717) is 26.1 Å². The molecule has 1 aliphatic heterocycles. The first-order valence-corrected chi connectivity index (χ1v) is 9.66. The Kier molecular flexibility index (Phi) is 8.59. The van der Waals surface area contributed by atoms with Crippen molar-refractivity contribution in [3.05, 3.63) is 28.7 Å². The molecular formula is C18H27BrN4O2. The first kappa shape index (κ1) is 19.6. The van der Waals surface area contributed by atoms with E-state index in [2.05, 4.69) is 31.6 Å². The lowest BCUT2D eigenvalue weighted by molar-refractivity contribution is -0.127. The summed E-state index contributed by atoms with van der Waals surface area (Å²) < 4.78 is 6.70. The van der Waals surface area contributed by atoms with E-state index in [0.717, 1.165) is 48.7 Å². The van der Waals surface area contributed by atoms with Crippen LogP contribution in [0.4, 0.5) is 0 Å². The molecule has 0 unspecified atom stereocenters. The number of aliphatic imine (C=N–C) groups is 1. The van der Waals surface area contributed by atoms with Gasteiger partial charge in [0.05, 0.1) is 6.54 Å². The van der Waals surface area contributed by atoms with Gasteiger partial charge in [-0.1, -0.05) is 22.0 Å². The van der Waals surface area contributed by atoms with Gasteiger partial charge in [-0.05, 0) is 38.0 Å². The number of hydrogen-bond acceptors (Lipinski definition) is 3. The number of likely N-dealkylation sites (tertiary alicyclic amines) is 1. The predicted octanol–water partition coefficient (Wildman–Crippen LogP) is 2.40. The van der Waals surface area contributed by atoms with Crippen LogP contribution in [0, 0.1) is 0 Å². The van der Waals surface area contributed by atoms with Crippen LogP contribution in [0.15, 0.2) is 33.7 Å². The molecule has 1 aliphatic rings. The van der Waals surface area contributed by atoms with Crippen LogP contribution in [0.25, 0.3) is 0 Å². The van der Waals surface area contributed by atoms with E-state index in [-0.39, 0.29) is 5.91 Å². The highest BCUT2D eigenvalue weighted by molar-refractivity contribution is 9.10. The van der Waals surface area contributed by atoms with Gasteiger partial charge < -0.3 is 20.3 Å². The third-order valence-corrected chi connectivity index (χ3v) is 4.32. The van der Waals surface area contributed by atoms with Crippen molar-refractivity contribution in [3.8, 4) is 5.75 Å². The van der Waals surface area contributed by atoms with Crippen molar-refractivity contribution >= 4 is 27.8 Å². The number of halogens is 1. The summed E-state index contributed by atoms with van der Waals surface area (Å²) in [5.74, 6) is 1.90. The van der Waals surface area contributed by atoms with Gasteiger partial charge in [0.25, 0.3) is 0 Å². The number of carbonyl (C=O) groups is 1. The van der Waals surface area contributed by atoms with Gasteiger partial charge in [-0.25, -0.2) is 0 Å². The standard InChI is InChI=1S/C18H27BrN4O2/c1-2-20-18(21-9-5-12-23-11-4-8-17(23)24)22-10-13-25-16-7-3-6-15(19)14-16/h3,6-7,14H,2,4-5,8-13H2,1H3,(H2,20,21,22). The molecule has 1 saturated heterocycles. The van der Waals surface area contributed by atoms with Crippen molar-refractivity contribution in [3.63, 3.8) is 0 Å². The number of rotatable bonds is 9. The van der Waals surface area contributed by atoms with Crippen molar-refractivity contribution < 1.29 is 9.53 Å². The monoisotopic (exact) mass is 410 g/mol. The smallest absolute Gasteiger partial charge is 0.222 e. The largest absolute Gasteiger partial charge is 0.492 e. The number of nitrogens with one attached hydrogen (secondary N) is 2. The van der Waals surface area contributed by atoms with Gasteiger partial charge >= 0.3 is 0 Å². The molecule has 0 radical (unpaired) electrons. The topological polar surface area (TPSA) is 66.0 Å².